The van der Waals surface area contributed by atoms with Crippen LogP contribution in [0, 0.1) is 5.82 Å². The highest BCUT2D eigenvalue weighted by Crippen LogP contribution is 2.31. The first-order chi connectivity index (χ1) is 17.5. The Bertz CT molecular complexity index is 1300. The van der Waals surface area contributed by atoms with E-state index in [2.05, 4.69) is 32.4 Å². The molecule has 2 aromatic carbocycles. The second kappa shape index (κ2) is 12.0. The molecule has 8 nitrogen and oxygen atoms in total. The summed E-state index contributed by atoms with van der Waals surface area (Å²) in [6.07, 6.45) is 2.28. The van der Waals surface area contributed by atoms with E-state index in [1.54, 1.807) is 24.0 Å². The molecular formula is C25H26F2N6O2S. The number of hydrogen-bond donors (Lipinski definition) is 3. The fourth-order valence-corrected chi connectivity index (χ4v) is 4.42. The van der Waals surface area contributed by atoms with Gasteiger partial charge in [-0.25, -0.2) is 18.7 Å². The summed E-state index contributed by atoms with van der Waals surface area (Å²) in [5, 5.41) is 20.2. The van der Waals surface area contributed by atoms with Gasteiger partial charge in [0.25, 0.3) is 11.8 Å². The van der Waals surface area contributed by atoms with Crippen molar-refractivity contribution in [2.75, 3.05) is 25.6 Å². The van der Waals surface area contributed by atoms with Crippen LogP contribution in [-0.2, 0) is 6.54 Å². The quantitative estimate of drug-likeness (QED) is 0.197. The van der Waals surface area contributed by atoms with Crippen molar-refractivity contribution in [2.24, 2.45) is 0 Å². The normalized spacial score (nSPS) is 12.1. The highest BCUT2D eigenvalue weighted by Gasteiger charge is 2.19. The molecule has 2 aromatic heterocycles. The molecule has 0 aliphatic heterocycles. The van der Waals surface area contributed by atoms with Crippen LogP contribution in [0.4, 0.5) is 14.6 Å². The van der Waals surface area contributed by atoms with Crippen LogP contribution in [0.5, 0.6) is 0 Å². The number of anilines is 1. The molecule has 4 N–H and O–H groups in total. The Hall–Kier alpha value is -3.41. The van der Waals surface area contributed by atoms with Gasteiger partial charge in [-0.15, -0.1) is 22.0 Å². The van der Waals surface area contributed by atoms with Crippen molar-refractivity contribution in [1.82, 2.24) is 25.5 Å². The zero-order valence-corrected chi connectivity index (χ0v) is 20.4. The van der Waals surface area contributed by atoms with Gasteiger partial charge in [-0.1, -0.05) is 25.1 Å². The first kappa shape index (κ1) is 25.7. The maximum Gasteiger partial charge on any atom is 0.270 e. The van der Waals surface area contributed by atoms with E-state index in [4.69, 9.17) is 15.3 Å². The van der Waals surface area contributed by atoms with Crippen LogP contribution in [0.2, 0.25) is 0 Å². The van der Waals surface area contributed by atoms with Crippen molar-refractivity contribution in [3.8, 4) is 34.3 Å². The summed E-state index contributed by atoms with van der Waals surface area (Å²) in [6, 6.07) is 12.4. The van der Waals surface area contributed by atoms with Crippen molar-refractivity contribution in [3.63, 3.8) is 0 Å². The van der Waals surface area contributed by atoms with Crippen molar-refractivity contribution in [2.45, 2.75) is 30.0 Å². The van der Waals surface area contributed by atoms with Gasteiger partial charge < -0.3 is 20.6 Å². The molecule has 1 unspecified atom stereocenters. The second-order valence-corrected chi connectivity index (χ2v) is 9.56. The summed E-state index contributed by atoms with van der Waals surface area (Å²) >= 11 is 1.68. The minimum absolute atomic E-state index is 0.0178. The summed E-state index contributed by atoms with van der Waals surface area (Å²) in [4.78, 5) is 9.86. The van der Waals surface area contributed by atoms with Crippen LogP contribution in [-0.4, -0.2) is 50.3 Å². The number of halogens is 2. The largest absolute Gasteiger partial charge is 0.414 e. The van der Waals surface area contributed by atoms with E-state index < -0.39 is 12.5 Å². The topological polar surface area (TPSA) is 123 Å². The number of hydrogen-bond acceptors (Lipinski definition) is 9. The van der Waals surface area contributed by atoms with E-state index in [1.807, 2.05) is 24.3 Å². The molecule has 0 spiro atoms. The molecule has 0 aliphatic rings. The van der Waals surface area contributed by atoms with Gasteiger partial charge in [-0.2, -0.15) is 0 Å². The molecule has 0 bridgehead atoms. The Kier molecular flexibility index (Phi) is 8.57. The van der Waals surface area contributed by atoms with Crippen LogP contribution in [0.15, 0.2) is 58.0 Å². The lowest BCUT2D eigenvalue weighted by atomic mass is 10.1. The molecule has 0 saturated carbocycles. The summed E-state index contributed by atoms with van der Waals surface area (Å²) in [5.74, 6) is -0.428. The number of aliphatic hydroxyl groups is 1. The van der Waals surface area contributed by atoms with Crippen molar-refractivity contribution in [3.05, 3.63) is 60.0 Å². The molecule has 2 heterocycles. The molecule has 0 amide bonds. The third kappa shape index (κ3) is 6.23. The minimum Gasteiger partial charge on any atom is -0.414 e. The number of aliphatic hydroxyl groups excluding tert-OH is 1. The van der Waals surface area contributed by atoms with E-state index in [-0.39, 0.29) is 42.0 Å². The van der Waals surface area contributed by atoms with Gasteiger partial charge in [-0.3, -0.25) is 0 Å². The fraction of sp³-hybridized carbons (Fsp3) is 0.280. The number of rotatable bonds is 11. The predicted octanol–water partition coefficient (Wildman–Crippen LogP) is 4.50. The van der Waals surface area contributed by atoms with Crippen LogP contribution < -0.4 is 11.1 Å². The summed E-state index contributed by atoms with van der Waals surface area (Å²) in [7, 11) is 0. The summed E-state index contributed by atoms with van der Waals surface area (Å²) in [6.45, 7) is 2.27. The zero-order chi connectivity index (χ0) is 25.5. The molecule has 188 valence electrons. The van der Waals surface area contributed by atoms with Crippen molar-refractivity contribution >= 4 is 17.6 Å². The third-order valence-electron chi connectivity index (χ3n) is 5.32. The highest BCUT2D eigenvalue weighted by atomic mass is 32.2. The molecule has 4 rings (SSSR count). The van der Waals surface area contributed by atoms with Gasteiger partial charge >= 0.3 is 0 Å². The molecule has 4 aromatic rings. The predicted molar refractivity (Wildman–Crippen MR) is 135 cm³/mol. The van der Waals surface area contributed by atoms with Gasteiger partial charge in [0.15, 0.2) is 11.5 Å². The average molecular weight is 513 g/mol. The molecular weight excluding hydrogens is 486 g/mol. The Morgan fingerprint density at radius 3 is 2.64 bits per heavy atom. The maximum atomic E-state index is 14.7. The molecule has 1 atom stereocenters. The first-order valence-electron chi connectivity index (χ1n) is 11.4. The van der Waals surface area contributed by atoms with E-state index in [0.29, 0.717) is 23.1 Å². The monoisotopic (exact) mass is 512 g/mol. The zero-order valence-electron chi connectivity index (χ0n) is 19.6. The Labute approximate surface area is 211 Å². The fourth-order valence-electron chi connectivity index (χ4n) is 3.44. The number of nitrogens with zero attached hydrogens (tertiary/aromatic N) is 4. The third-order valence-corrected chi connectivity index (χ3v) is 6.50. The van der Waals surface area contributed by atoms with Crippen molar-refractivity contribution < 1.29 is 18.3 Å². The number of benzene rings is 2. The molecule has 0 fully saturated rings. The van der Waals surface area contributed by atoms with Gasteiger partial charge in [0.1, 0.15) is 12.5 Å². The minimum atomic E-state index is -0.538. The summed E-state index contributed by atoms with van der Waals surface area (Å²) < 4.78 is 32.6. The van der Waals surface area contributed by atoms with Crippen LogP contribution in [0.3, 0.4) is 0 Å². The molecule has 0 radical (unpaired) electrons. The van der Waals surface area contributed by atoms with Gasteiger partial charge in [0.2, 0.25) is 0 Å². The van der Waals surface area contributed by atoms with Crippen LogP contribution in [0.1, 0.15) is 18.9 Å². The molecule has 0 saturated heterocycles. The molecule has 11 heteroatoms. The number of aromatic nitrogens is 4. The molecule has 36 heavy (non-hydrogen) atoms. The van der Waals surface area contributed by atoms with E-state index in [9.17, 15) is 8.78 Å². The highest BCUT2D eigenvalue weighted by molar-refractivity contribution is 7.99. The Morgan fingerprint density at radius 2 is 1.92 bits per heavy atom. The molecule has 0 aliphatic carbocycles. The van der Waals surface area contributed by atoms with Crippen molar-refractivity contribution in [1.29, 1.82) is 0 Å². The SMILES string of the molecule is CC(CCO)Sc1ccc(-c2cnc(N)c(-c3nnc(-c4ccc(CNCCF)cc4F)o3)n2)cc1. The smallest absolute Gasteiger partial charge is 0.270 e. The number of alkyl halides is 1. The lowest BCUT2D eigenvalue weighted by molar-refractivity contribution is 0.289. The first-order valence-corrected chi connectivity index (χ1v) is 12.3. The summed E-state index contributed by atoms with van der Waals surface area (Å²) in [5.41, 5.74) is 8.42. The number of nitrogens with two attached hydrogens (primary N) is 1. The maximum absolute atomic E-state index is 14.7. The Balaban J connectivity index is 1.54. The van der Waals surface area contributed by atoms with Crippen LogP contribution >= 0.6 is 11.8 Å². The standard InChI is InChI=1S/C25H26F2N6O2S/c1-15(8-11-34)36-18-5-3-17(4-6-18)21-14-30-23(28)22(31-21)25-33-32-24(35-25)19-7-2-16(12-20(19)27)13-29-10-9-26/h2-7,12,14-15,29,34H,8-11,13H2,1H3,(H2,28,30). The lowest BCUT2D eigenvalue weighted by Gasteiger charge is -2.10. The van der Waals surface area contributed by atoms with E-state index >= 15 is 0 Å². The second-order valence-electron chi connectivity index (χ2n) is 8.05. The average Bonchev–Trinajstić information content (AvgIpc) is 3.35. The van der Waals surface area contributed by atoms with Crippen LogP contribution in [0.25, 0.3) is 34.3 Å². The number of nitrogens with one attached hydrogen (secondary N) is 1. The van der Waals surface area contributed by atoms with E-state index in [0.717, 1.165) is 16.9 Å². The number of thioether (sulfide) groups is 1. The Morgan fingerprint density at radius 1 is 1.14 bits per heavy atom. The van der Waals surface area contributed by atoms with E-state index in [1.165, 1.54) is 12.1 Å². The number of nitrogen functional groups attached to an aromatic ring is 1. The lowest BCUT2D eigenvalue weighted by Crippen LogP contribution is -2.16. The van der Waals surface area contributed by atoms with Gasteiger partial charge in [0, 0.05) is 35.4 Å². The van der Waals surface area contributed by atoms with Gasteiger partial charge in [0.05, 0.1) is 17.5 Å². The van der Waals surface area contributed by atoms with Gasteiger partial charge in [-0.05, 0) is 36.2 Å².